The highest BCUT2D eigenvalue weighted by Gasteiger charge is 2.00. The maximum Gasteiger partial charge on any atom is 0.0948 e. The van der Waals surface area contributed by atoms with Crippen LogP contribution >= 0.6 is 0 Å². The Morgan fingerprint density at radius 1 is 1.53 bits per heavy atom. The second-order valence-electron chi connectivity index (χ2n) is 4.10. The Hall–Kier alpha value is -0.870. The summed E-state index contributed by atoms with van der Waals surface area (Å²) in [6.07, 6.45) is 4.86. The van der Waals surface area contributed by atoms with Gasteiger partial charge in [0, 0.05) is 12.7 Å². The summed E-state index contributed by atoms with van der Waals surface area (Å²) in [7, 11) is 0. The lowest BCUT2D eigenvalue weighted by Gasteiger charge is -2.09. The zero-order valence-electron chi connectivity index (χ0n) is 9.86. The highest BCUT2D eigenvalue weighted by atomic mass is 16.6. The molecule has 0 atom stereocenters. The van der Waals surface area contributed by atoms with Crippen LogP contribution in [0.2, 0.25) is 0 Å². The minimum absolute atomic E-state index is 0.554. The smallest absolute Gasteiger partial charge is 0.0948 e. The number of aromatic nitrogens is 2. The summed E-state index contributed by atoms with van der Waals surface area (Å²) in [4.78, 5) is 9.43. The molecule has 1 heterocycles. The molecule has 0 spiro atoms. The van der Waals surface area contributed by atoms with E-state index in [0.29, 0.717) is 12.5 Å². The van der Waals surface area contributed by atoms with Gasteiger partial charge < -0.3 is 9.40 Å². The van der Waals surface area contributed by atoms with E-state index < -0.39 is 0 Å². The number of hydrogen-bond donors (Lipinski definition) is 1. The summed E-state index contributed by atoms with van der Waals surface area (Å²) < 4.78 is 2.14. The van der Waals surface area contributed by atoms with Gasteiger partial charge in [-0.3, -0.25) is 0 Å². The van der Waals surface area contributed by atoms with Gasteiger partial charge in [-0.15, -0.1) is 0 Å². The third-order valence-electron chi connectivity index (χ3n) is 2.04. The largest absolute Gasteiger partial charge is 0.333 e. The first kappa shape index (κ1) is 12.2. The lowest BCUT2D eigenvalue weighted by Crippen LogP contribution is -2.19. The average molecular weight is 211 g/mol. The third kappa shape index (κ3) is 4.44. The van der Waals surface area contributed by atoms with Crippen LogP contribution in [0, 0.1) is 5.92 Å². The number of hydrogen-bond acceptors (Lipinski definition) is 3. The molecule has 0 aliphatic rings. The molecule has 0 amide bonds. The summed E-state index contributed by atoms with van der Waals surface area (Å²) in [5.74, 6) is 0.554. The van der Waals surface area contributed by atoms with Crippen molar-refractivity contribution in [3.05, 3.63) is 18.2 Å². The molecule has 4 heteroatoms. The predicted octanol–water partition coefficient (Wildman–Crippen LogP) is 1.97. The molecule has 0 bridgehead atoms. The molecule has 0 aliphatic heterocycles. The average Bonchev–Trinajstić information content (AvgIpc) is 2.61. The van der Waals surface area contributed by atoms with Crippen molar-refractivity contribution in [1.82, 2.24) is 15.0 Å². The first-order valence-electron chi connectivity index (χ1n) is 5.57. The molecule has 0 aliphatic carbocycles. The van der Waals surface area contributed by atoms with E-state index in [9.17, 15) is 0 Å². The van der Waals surface area contributed by atoms with Gasteiger partial charge in [0.25, 0.3) is 0 Å². The number of nitrogens with one attached hydrogen (secondary N) is 1. The monoisotopic (exact) mass is 211 g/mol. The lowest BCUT2D eigenvalue weighted by molar-refractivity contribution is 0.0185. The minimum atomic E-state index is 0.554. The Balaban J connectivity index is 2.27. The maximum atomic E-state index is 5.31. The lowest BCUT2D eigenvalue weighted by atomic mass is 10.2. The van der Waals surface area contributed by atoms with Crippen LogP contribution in [-0.2, 0) is 17.9 Å². The Morgan fingerprint density at radius 3 is 3.00 bits per heavy atom. The minimum Gasteiger partial charge on any atom is -0.333 e. The van der Waals surface area contributed by atoms with Crippen LogP contribution in [-0.4, -0.2) is 16.2 Å². The first-order chi connectivity index (χ1) is 7.24. The molecule has 1 N–H and O–H groups in total. The Kier molecular flexibility index (Phi) is 5.36. The summed E-state index contributed by atoms with van der Waals surface area (Å²) in [5, 5.41) is 0. The van der Waals surface area contributed by atoms with Crippen LogP contribution in [0.25, 0.3) is 0 Å². The molecule has 1 aromatic rings. The topological polar surface area (TPSA) is 39.1 Å². The predicted molar refractivity (Wildman–Crippen MR) is 60.1 cm³/mol. The normalized spacial score (nSPS) is 11.2. The fourth-order valence-electron chi connectivity index (χ4n) is 1.29. The summed E-state index contributed by atoms with van der Waals surface area (Å²) in [6, 6.07) is 0. The molecule has 0 saturated heterocycles. The SMILES string of the molecule is CCCn1cncc1CNOCC(C)C. The first-order valence-corrected chi connectivity index (χ1v) is 5.57. The van der Waals surface area contributed by atoms with Crippen LogP contribution in [0.4, 0.5) is 0 Å². The quantitative estimate of drug-likeness (QED) is 0.553. The van der Waals surface area contributed by atoms with E-state index in [4.69, 9.17) is 4.84 Å². The van der Waals surface area contributed by atoms with Crippen LogP contribution in [0.1, 0.15) is 32.9 Å². The fraction of sp³-hybridized carbons (Fsp3) is 0.727. The van der Waals surface area contributed by atoms with Gasteiger partial charge in [-0.1, -0.05) is 20.8 Å². The van der Waals surface area contributed by atoms with E-state index >= 15 is 0 Å². The van der Waals surface area contributed by atoms with Crippen LogP contribution < -0.4 is 5.48 Å². The fourth-order valence-corrected chi connectivity index (χ4v) is 1.29. The summed E-state index contributed by atoms with van der Waals surface area (Å²) in [5.41, 5.74) is 4.12. The van der Waals surface area contributed by atoms with Crippen LogP contribution in [0.3, 0.4) is 0 Å². The van der Waals surface area contributed by atoms with Gasteiger partial charge in [-0.2, -0.15) is 5.48 Å². The molecule has 1 aromatic heterocycles. The molecule has 0 radical (unpaired) electrons. The highest BCUT2D eigenvalue weighted by Crippen LogP contribution is 2.00. The third-order valence-corrected chi connectivity index (χ3v) is 2.04. The number of hydroxylamine groups is 1. The second-order valence-corrected chi connectivity index (χ2v) is 4.10. The van der Waals surface area contributed by atoms with Crippen molar-refractivity contribution in [3.63, 3.8) is 0 Å². The Labute approximate surface area is 91.6 Å². The number of rotatable bonds is 7. The molecule has 0 aromatic carbocycles. The number of imidazole rings is 1. The molecule has 0 fully saturated rings. The molecule has 0 unspecified atom stereocenters. The van der Waals surface area contributed by atoms with E-state index in [1.165, 1.54) is 5.69 Å². The molecule has 4 nitrogen and oxygen atoms in total. The van der Waals surface area contributed by atoms with Crippen molar-refractivity contribution in [1.29, 1.82) is 0 Å². The van der Waals surface area contributed by atoms with Gasteiger partial charge in [0.15, 0.2) is 0 Å². The van der Waals surface area contributed by atoms with Crippen molar-refractivity contribution in [2.24, 2.45) is 5.92 Å². The summed E-state index contributed by atoms with van der Waals surface area (Å²) in [6.45, 7) is 8.88. The number of nitrogens with zero attached hydrogens (tertiary/aromatic N) is 2. The van der Waals surface area contributed by atoms with E-state index in [-0.39, 0.29) is 0 Å². The molecule has 15 heavy (non-hydrogen) atoms. The van der Waals surface area contributed by atoms with E-state index in [2.05, 4.69) is 35.8 Å². The van der Waals surface area contributed by atoms with Gasteiger partial charge in [-0.05, 0) is 12.3 Å². The van der Waals surface area contributed by atoms with Crippen molar-refractivity contribution in [2.75, 3.05) is 6.61 Å². The van der Waals surface area contributed by atoms with Crippen molar-refractivity contribution < 1.29 is 4.84 Å². The molecule has 1 rings (SSSR count). The molecule has 86 valence electrons. The number of aryl methyl sites for hydroxylation is 1. The zero-order chi connectivity index (χ0) is 11.1. The molecular weight excluding hydrogens is 190 g/mol. The van der Waals surface area contributed by atoms with E-state index in [1.807, 2.05) is 12.5 Å². The second kappa shape index (κ2) is 6.58. The van der Waals surface area contributed by atoms with E-state index in [0.717, 1.165) is 19.6 Å². The molecular formula is C11H21N3O. The van der Waals surface area contributed by atoms with Crippen LogP contribution in [0.5, 0.6) is 0 Å². The standard InChI is InChI=1S/C11H21N3O/c1-4-5-14-9-12-6-11(14)7-13-15-8-10(2)3/h6,9-10,13H,4-5,7-8H2,1-3H3. The Morgan fingerprint density at radius 2 is 2.33 bits per heavy atom. The van der Waals surface area contributed by atoms with Crippen molar-refractivity contribution in [2.45, 2.75) is 40.3 Å². The molecule has 0 saturated carbocycles. The van der Waals surface area contributed by atoms with Crippen molar-refractivity contribution >= 4 is 0 Å². The van der Waals surface area contributed by atoms with Gasteiger partial charge in [-0.25, -0.2) is 4.98 Å². The van der Waals surface area contributed by atoms with Gasteiger partial charge in [0.05, 0.1) is 25.2 Å². The Bertz CT molecular complexity index is 271. The highest BCUT2D eigenvalue weighted by molar-refractivity contribution is 4.97. The van der Waals surface area contributed by atoms with Crippen LogP contribution in [0.15, 0.2) is 12.5 Å². The van der Waals surface area contributed by atoms with Crippen molar-refractivity contribution in [3.8, 4) is 0 Å². The maximum absolute atomic E-state index is 5.31. The van der Waals surface area contributed by atoms with Gasteiger partial charge in [0.2, 0.25) is 0 Å². The van der Waals surface area contributed by atoms with Gasteiger partial charge >= 0.3 is 0 Å². The zero-order valence-corrected chi connectivity index (χ0v) is 9.86. The van der Waals surface area contributed by atoms with E-state index in [1.54, 1.807) is 0 Å². The van der Waals surface area contributed by atoms with Gasteiger partial charge in [0.1, 0.15) is 0 Å². The summed E-state index contributed by atoms with van der Waals surface area (Å²) >= 11 is 0.